The van der Waals surface area contributed by atoms with Crippen LogP contribution in [0.3, 0.4) is 0 Å². The van der Waals surface area contributed by atoms with E-state index in [1.807, 2.05) is 4.90 Å². The molecule has 4 rings (SSSR count). The Balaban J connectivity index is 1.31. The van der Waals surface area contributed by atoms with Crippen LogP contribution in [0.15, 0.2) is 0 Å². The Morgan fingerprint density at radius 1 is 0.667 bits per heavy atom. The number of hydrogen-bond acceptors (Lipinski definition) is 2. The molecule has 2 aliphatic heterocycles. The molecule has 0 N–H and O–H groups in total. The van der Waals surface area contributed by atoms with Gasteiger partial charge in [-0.15, -0.1) is 0 Å². The SMILES string of the molecule is O=C(C1CC1)N1CCC[C@H](C(=O)N2CCC3(CCCCC3)CC2)C1. The van der Waals surface area contributed by atoms with Gasteiger partial charge in [-0.25, -0.2) is 0 Å². The molecule has 0 aromatic carbocycles. The summed E-state index contributed by atoms with van der Waals surface area (Å²) in [5, 5.41) is 0. The Hall–Kier alpha value is -1.06. The van der Waals surface area contributed by atoms with Crippen molar-refractivity contribution in [3.05, 3.63) is 0 Å². The normalized spacial score (nSPS) is 30.4. The number of likely N-dealkylation sites (tertiary alicyclic amines) is 2. The second-order valence-electron chi connectivity index (χ2n) is 8.78. The summed E-state index contributed by atoms with van der Waals surface area (Å²) in [6, 6.07) is 0. The predicted octanol–water partition coefficient (Wildman–Crippen LogP) is 3.21. The lowest BCUT2D eigenvalue weighted by atomic mass is 9.68. The van der Waals surface area contributed by atoms with Gasteiger partial charge in [0.2, 0.25) is 11.8 Å². The first-order valence-electron chi connectivity index (χ1n) is 10.2. The fourth-order valence-corrected chi connectivity index (χ4v) is 5.23. The number of carbonyl (C=O) groups excluding carboxylic acids is 2. The molecule has 1 spiro atoms. The summed E-state index contributed by atoms with van der Waals surface area (Å²) in [5.41, 5.74) is 0.551. The number of amides is 2. The standard InChI is InChI=1S/C20H32N2O2/c23-18(16-6-7-16)22-12-4-5-17(15-22)19(24)21-13-10-20(11-14-21)8-2-1-3-9-20/h16-17H,1-15H2/t17-/m0/s1. The average molecular weight is 332 g/mol. The van der Waals surface area contributed by atoms with E-state index >= 15 is 0 Å². The van der Waals surface area contributed by atoms with E-state index in [2.05, 4.69) is 4.90 Å². The van der Waals surface area contributed by atoms with Crippen LogP contribution in [-0.2, 0) is 9.59 Å². The van der Waals surface area contributed by atoms with Gasteiger partial charge in [-0.05, 0) is 56.8 Å². The van der Waals surface area contributed by atoms with Crippen LogP contribution in [0.25, 0.3) is 0 Å². The Bertz CT molecular complexity index is 484. The predicted molar refractivity (Wildman–Crippen MR) is 93.4 cm³/mol. The summed E-state index contributed by atoms with van der Waals surface area (Å²) in [4.78, 5) is 29.4. The monoisotopic (exact) mass is 332 g/mol. The molecule has 0 radical (unpaired) electrons. The maximum absolute atomic E-state index is 13.0. The first kappa shape index (κ1) is 16.4. The van der Waals surface area contributed by atoms with Crippen molar-refractivity contribution >= 4 is 11.8 Å². The van der Waals surface area contributed by atoms with Gasteiger partial charge in [0.05, 0.1) is 5.92 Å². The molecule has 0 aromatic rings. The van der Waals surface area contributed by atoms with Gasteiger partial charge in [0.1, 0.15) is 0 Å². The van der Waals surface area contributed by atoms with Crippen molar-refractivity contribution in [3.8, 4) is 0 Å². The van der Waals surface area contributed by atoms with Crippen LogP contribution in [0, 0.1) is 17.3 Å². The van der Waals surface area contributed by atoms with Crippen molar-refractivity contribution in [3.63, 3.8) is 0 Å². The Morgan fingerprint density at radius 3 is 2.00 bits per heavy atom. The van der Waals surface area contributed by atoms with Crippen molar-refractivity contribution in [2.24, 2.45) is 17.3 Å². The van der Waals surface area contributed by atoms with E-state index in [9.17, 15) is 9.59 Å². The Labute approximate surface area is 145 Å². The van der Waals surface area contributed by atoms with E-state index in [4.69, 9.17) is 0 Å². The zero-order valence-electron chi connectivity index (χ0n) is 15.0. The summed E-state index contributed by atoms with van der Waals surface area (Å²) in [6.07, 6.45) is 13.4. The molecule has 4 nitrogen and oxygen atoms in total. The van der Waals surface area contributed by atoms with E-state index < -0.39 is 0 Å². The molecule has 2 amide bonds. The molecule has 2 aliphatic carbocycles. The zero-order chi connectivity index (χ0) is 16.6. The fourth-order valence-electron chi connectivity index (χ4n) is 5.23. The average Bonchev–Trinajstić information content (AvgIpc) is 3.47. The molecule has 4 heteroatoms. The van der Waals surface area contributed by atoms with Gasteiger partial charge in [0.15, 0.2) is 0 Å². The molecule has 0 bridgehead atoms. The zero-order valence-corrected chi connectivity index (χ0v) is 15.0. The first-order chi connectivity index (χ1) is 11.7. The third-order valence-corrected chi connectivity index (χ3v) is 7.06. The molecule has 4 fully saturated rings. The van der Waals surface area contributed by atoms with Gasteiger partial charge in [-0.2, -0.15) is 0 Å². The molecule has 1 atom stereocenters. The van der Waals surface area contributed by atoms with Crippen molar-refractivity contribution in [2.75, 3.05) is 26.2 Å². The molecule has 134 valence electrons. The maximum atomic E-state index is 13.0. The summed E-state index contributed by atoms with van der Waals surface area (Å²) < 4.78 is 0. The van der Waals surface area contributed by atoms with E-state index in [-0.39, 0.29) is 11.8 Å². The molecule has 4 aliphatic rings. The van der Waals surface area contributed by atoms with Gasteiger partial charge < -0.3 is 9.80 Å². The third kappa shape index (κ3) is 3.34. The lowest BCUT2D eigenvalue weighted by Gasteiger charge is -2.45. The summed E-state index contributed by atoms with van der Waals surface area (Å²) in [6.45, 7) is 3.44. The van der Waals surface area contributed by atoms with Crippen LogP contribution < -0.4 is 0 Å². The van der Waals surface area contributed by atoms with Gasteiger partial charge in [-0.1, -0.05) is 19.3 Å². The number of nitrogens with zero attached hydrogens (tertiary/aromatic N) is 2. The molecule has 24 heavy (non-hydrogen) atoms. The molecule has 2 saturated carbocycles. The highest BCUT2D eigenvalue weighted by molar-refractivity contribution is 5.83. The van der Waals surface area contributed by atoms with Crippen LogP contribution in [0.2, 0.25) is 0 Å². The molecule has 2 saturated heterocycles. The second-order valence-corrected chi connectivity index (χ2v) is 8.78. The van der Waals surface area contributed by atoms with Crippen LogP contribution in [-0.4, -0.2) is 47.8 Å². The van der Waals surface area contributed by atoms with Crippen molar-refractivity contribution in [1.82, 2.24) is 9.80 Å². The second kappa shape index (κ2) is 6.68. The number of hydrogen-bond donors (Lipinski definition) is 0. The van der Waals surface area contributed by atoms with Crippen LogP contribution in [0.4, 0.5) is 0 Å². The number of carbonyl (C=O) groups is 2. The highest BCUT2D eigenvalue weighted by atomic mass is 16.2. The Kier molecular flexibility index (Phi) is 4.57. The lowest BCUT2D eigenvalue weighted by molar-refractivity contribution is -0.143. The highest BCUT2D eigenvalue weighted by Crippen LogP contribution is 2.44. The molecular weight excluding hydrogens is 300 g/mol. The smallest absolute Gasteiger partial charge is 0.227 e. The number of piperidine rings is 2. The van der Waals surface area contributed by atoms with Gasteiger partial charge in [0, 0.05) is 32.1 Å². The van der Waals surface area contributed by atoms with Gasteiger partial charge in [-0.3, -0.25) is 9.59 Å². The van der Waals surface area contributed by atoms with E-state index in [1.165, 1.54) is 44.9 Å². The third-order valence-electron chi connectivity index (χ3n) is 7.06. The molecule has 2 heterocycles. The highest BCUT2D eigenvalue weighted by Gasteiger charge is 2.40. The van der Waals surface area contributed by atoms with Crippen LogP contribution in [0.5, 0.6) is 0 Å². The minimum atomic E-state index is 0.0573. The minimum Gasteiger partial charge on any atom is -0.342 e. The molecule has 0 unspecified atom stereocenters. The summed E-state index contributed by atoms with van der Waals surface area (Å²) in [7, 11) is 0. The van der Waals surface area contributed by atoms with Crippen molar-refractivity contribution in [2.45, 2.75) is 70.6 Å². The van der Waals surface area contributed by atoms with Crippen molar-refractivity contribution in [1.29, 1.82) is 0 Å². The van der Waals surface area contributed by atoms with Crippen LogP contribution >= 0.6 is 0 Å². The molecular formula is C20H32N2O2. The number of rotatable bonds is 2. The van der Waals surface area contributed by atoms with Crippen LogP contribution in [0.1, 0.15) is 70.6 Å². The van der Waals surface area contributed by atoms with Gasteiger partial charge in [0.25, 0.3) is 0 Å². The van der Waals surface area contributed by atoms with E-state index in [0.29, 0.717) is 23.8 Å². The topological polar surface area (TPSA) is 40.6 Å². The lowest BCUT2D eigenvalue weighted by Crippen LogP contribution is -2.50. The fraction of sp³-hybridized carbons (Fsp3) is 0.900. The summed E-state index contributed by atoms with van der Waals surface area (Å²) >= 11 is 0. The molecule has 0 aromatic heterocycles. The minimum absolute atomic E-state index is 0.0573. The quantitative estimate of drug-likeness (QED) is 0.779. The van der Waals surface area contributed by atoms with E-state index in [1.54, 1.807) is 0 Å². The Morgan fingerprint density at radius 2 is 1.33 bits per heavy atom. The summed E-state index contributed by atoms with van der Waals surface area (Å²) in [5.74, 6) is 0.975. The van der Waals surface area contributed by atoms with E-state index in [0.717, 1.165) is 45.3 Å². The maximum Gasteiger partial charge on any atom is 0.227 e. The van der Waals surface area contributed by atoms with Gasteiger partial charge >= 0.3 is 0 Å². The van der Waals surface area contributed by atoms with Crippen molar-refractivity contribution < 1.29 is 9.59 Å². The first-order valence-corrected chi connectivity index (χ1v) is 10.2. The largest absolute Gasteiger partial charge is 0.342 e.